The summed E-state index contributed by atoms with van der Waals surface area (Å²) in [6.07, 6.45) is -1.38. The van der Waals surface area contributed by atoms with Crippen molar-refractivity contribution < 1.29 is 22.8 Å². The minimum absolute atomic E-state index is 0.117. The van der Waals surface area contributed by atoms with Crippen molar-refractivity contribution >= 4 is 34.1 Å². The first kappa shape index (κ1) is 21.4. The zero-order valence-corrected chi connectivity index (χ0v) is 16.8. The lowest BCUT2D eigenvalue weighted by Gasteiger charge is -2.27. The highest BCUT2D eigenvalue weighted by atomic mass is 79.9. The molecular formula is C18H21BrF3N3O2. The summed E-state index contributed by atoms with van der Waals surface area (Å²) in [7, 11) is 3.41. The van der Waals surface area contributed by atoms with Crippen LogP contribution in [-0.2, 0) is 11.0 Å². The molecule has 0 bridgehead atoms. The molecule has 9 heteroatoms. The Kier molecular flexibility index (Phi) is 6.67. The second-order valence-electron chi connectivity index (χ2n) is 6.85. The Bertz CT molecular complexity index is 746. The minimum Gasteiger partial charge on any atom is -0.369 e. The Balaban J connectivity index is 2.32. The number of aliphatic imine (C=N–C) groups is 1. The van der Waals surface area contributed by atoms with Gasteiger partial charge in [-0.3, -0.25) is 9.59 Å². The van der Waals surface area contributed by atoms with Crippen LogP contribution in [-0.4, -0.2) is 54.6 Å². The smallest absolute Gasteiger partial charge is 0.369 e. The van der Waals surface area contributed by atoms with Crippen molar-refractivity contribution in [3.05, 3.63) is 33.8 Å². The summed E-state index contributed by atoms with van der Waals surface area (Å²) in [5.74, 6) is -0.880. The van der Waals surface area contributed by atoms with Gasteiger partial charge in [-0.1, -0.05) is 15.9 Å². The van der Waals surface area contributed by atoms with Crippen LogP contribution in [0.1, 0.15) is 35.7 Å². The first-order valence-electron chi connectivity index (χ1n) is 8.42. The maximum atomic E-state index is 13.1. The first-order chi connectivity index (χ1) is 12.5. The fourth-order valence-corrected chi connectivity index (χ4v) is 2.94. The summed E-state index contributed by atoms with van der Waals surface area (Å²) in [6, 6.07) is 2.19. The summed E-state index contributed by atoms with van der Waals surface area (Å²) < 4.78 is 39.4. The number of carbonyl (C=O) groups is 2. The SMILES string of the molecule is CC(C(=O)/N=C\N(C)C)N(CC1CC1)C(=O)c1cc(Br)cc(C(F)(F)F)c1. The van der Waals surface area contributed by atoms with Gasteiger partial charge < -0.3 is 9.80 Å². The van der Waals surface area contributed by atoms with Gasteiger partial charge >= 0.3 is 6.18 Å². The molecule has 0 aromatic heterocycles. The summed E-state index contributed by atoms with van der Waals surface area (Å²) in [5, 5.41) is 0. The quantitative estimate of drug-likeness (QED) is 0.491. The zero-order chi connectivity index (χ0) is 20.4. The molecule has 1 fully saturated rings. The minimum atomic E-state index is -4.57. The number of nitrogens with zero attached hydrogens (tertiary/aromatic N) is 3. The van der Waals surface area contributed by atoms with E-state index < -0.39 is 29.6 Å². The van der Waals surface area contributed by atoms with Crippen molar-refractivity contribution in [3.8, 4) is 0 Å². The molecule has 1 saturated carbocycles. The van der Waals surface area contributed by atoms with Gasteiger partial charge in [-0.15, -0.1) is 0 Å². The predicted molar refractivity (Wildman–Crippen MR) is 99.6 cm³/mol. The number of carbonyl (C=O) groups excluding carboxylic acids is 2. The lowest BCUT2D eigenvalue weighted by atomic mass is 10.1. The van der Waals surface area contributed by atoms with Gasteiger partial charge in [-0.05, 0) is 43.9 Å². The van der Waals surface area contributed by atoms with Gasteiger partial charge in [0.15, 0.2) is 0 Å². The van der Waals surface area contributed by atoms with Crippen LogP contribution in [0.5, 0.6) is 0 Å². The van der Waals surface area contributed by atoms with Crippen molar-refractivity contribution in [1.82, 2.24) is 9.80 Å². The maximum absolute atomic E-state index is 13.1. The molecule has 2 amide bonds. The van der Waals surface area contributed by atoms with Crippen molar-refractivity contribution in [3.63, 3.8) is 0 Å². The highest BCUT2D eigenvalue weighted by molar-refractivity contribution is 9.10. The second-order valence-corrected chi connectivity index (χ2v) is 7.77. The number of rotatable bonds is 6. The van der Waals surface area contributed by atoms with Crippen molar-refractivity contribution in [1.29, 1.82) is 0 Å². The molecule has 5 nitrogen and oxygen atoms in total. The summed E-state index contributed by atoms with van der Waals surface area (Å²) >= 11 is 3.03. The number of halogens is 4. The Morgan fingerprint density at radius 2 is 1.93 bits per heavy atom. The third-order valence-corrected chi connectivity index (χ3v) is 4.58. The zero-order valence-electron chi connectivity index (χ0n) is 15.3. The normalized spacial score (nSPS) is 15.7. The molecule has 0 aliphatic heterocycles. The van der Waals surface area contributed by atoms with Gasteiger partial charge in [0, 0.05) is 30.7 Å². The monoisotopic (exact) mass is 447 g/mol. The van der Waals surface area contributed by atoms with Gasteiger partial charge in [0.2, 0.25) is 0 Å². The van der Waals surface area contributed by atoms with E-state index in [1.165, 1.54) is 24.2 Å². The number of benzene rings is 1. The molecule has 1 aromatic carbocycles. The Labute approximate surface area is 164 Å². The van der Waals surface area contributed by atoms with Gasteiger partial charge in [-0.25, -0.2) is 4.99 Å². The van der Waals surface area contributed by atoms with Crippen LogP contribution in [0.25, 0.3) is 0 Å². The first-order valence-corrected chi connectivity index (χ1v) is 9.21. The van der Waals surface area contributed by atoms with Gasteiger partial charge in [0.1, 0.15) is 6.04 Å². The Morgan fingerprint density at radius 3 is 2.44 bits per heavy atom. The molecule has 0 radical (unpaired) electrons. The van der Waals surface area contributed by atoms with Crippen LogP contribution in [0.15, 0.2) is 27.7 Å². The molecule has 1 atom stereocenters. The van der Waals surface area contributed by atoms with Crippen LogP contribution >= 0.6 is 15.9 Å². The number of alkyl halides is 3. The van der Waals surface area contributed by atoms with Crippen LogP contribution < -0.4 is 0 Å². The van der Waals surface area contributed by atoms with E-state index >= 15 is 0 Å². The van der Waals surface area contributed by atoms with E-state index in [1.807, 2.05) is 0 Å². The number of hydrogen-bond acceptors (Lipinski definition) is 2. The van der Waals surface area contributed by atoms with E-state index in [9.17, 15) is 22.8 Å². The summed E-state index contributed by atoms with van der Waals surface area (Å²) in [6.45, 7) is 1.86. The molecule has 148 valence electrons. The van der Waals surface area contributed by atoms with Gasteiger partial charge in [-0.2, -0.15) is 13.2 Å². The molecule has 0 N–H and O–H groups in total. The third kappa shape index (κ3) is 6.05. The third-order valence-electron chi connectivity index (χ3n) is 4.13. The fraction of sp³-hybridized carbons (Fsp3) is 0.500. The average Bonchev–Trinajstić information content (AvgIpc) is 3.39. The van der Waals surface area contributed by atoms with E-state index in [4.69, 9.17) is 0 Å². The molecule has 2 rings (SSSR count). The van der Waals surface area contributed by atoms with Crippen molar-refractivity contribution in [2.45, 2.75) is 32.0 Å². The van der Waals surface area contributed by atoms with E-state index in [0.717, 1.165) is 25.0 Å². The molecule has 1 aromatic rings. The molecular weight excluding hydrogens is 427 g/mol. The molecule has 0 saturated heterocycles. The van der Waals surface area contributed by atoms with Crippen molar-refractivity contribution in [2.75, 3.05) is 20.6 Å². The molecule has 0 heterocycles. The van der Waals surface area contributed by atoms with Crippen LogP contribution in [0.2, 0.25) is 0 Å². The van der Waals surface area contributed by atoms with Gasteiger partial charge in [0.25, 0.3) is 11.8 Å². The topological polar surface area (TPSA) is 53.0 Å². The maximum Gasteiger partial charge on any atom is 0.416 e. The molecule has 27 heavy (non-hydrogen) atoms. The highest BCUT2D eigenvalue weighted by Gasteiger charge is 2.35. The van der Waals surface area contributed by atoms with E-state index in [1.54, 1.807) is 19.0 Å². The number of amides is 2. The average molecular weight is 448 g/mol. The standard InChI is InChI=1S/C18H21BrF3N3O2/c1-11(16(26)23-10-24(2)3)25(9-12-4-5-12)17(27)13-6-14(18(20,21)22)8-15(19)7-13/h6-8,10-12H,4-5,9H2,1-3H3/b23-10-. The van der Waals surface area contributed by atoms with E-state index in [0.29, 0.717) is 6.54 Å². The summed E-state index contributed by atoms with van der Waals surface area (Å²) in [4.78, 5) is 32.0. The Hall–Kier alpha value is -1.90. The fourth-order valence-electron chi connectivity index (χ4n) is 2.45. The Morgan fingerprint density at radius 1 is 1.30 bits per heavy atom. The summed E-state index contributed by atoms with van der Waals surface area (Å²) in [5.41, 5.74) is -1.04. The molecule has 1 unspecified atom stereocenters. The van der Waals surface area contributed by atoms with Crippen LogP contribution in [0.4, 0.5) is 13.2 Å². The van der Waals surface area contributed by atoms with Crippen LogP contribution in [0.3, 0.4) is 0 Å². The van der Waals surface area contributed by atoms with Crippen LogP contribution in [0, 0.1) is 5.92 Å². The predicted octanol–water partition coefficient (Wildman–Crippen LogP) is 3.83. The highest BCUT2D eigenvalue weighted by Crippen LogP contribution is 2.34. The number of hydrogen-bond donors (Lipinski definition) is 0. The van der Waals surface area contributed by atoms with E-state index in [2.05, 4.69) is 20.9 Å². The molecule has 1 aliphatic carbocycles. The largest absolute Gasteiger partial charge is 0.416 e. The molecule has 1 aliphatic rings. The lowest BCUT2D eigenvalue weighted by molar-refractivity contribution is -0.137. The second kappa shape index (κ2) is 8.41. The van der Waals surface area contributed by atoms with Gasteiger partial charge in [0.05, 0.1) is 11.9 Å². The van der Waals surface area contributed by atoms with Crippen molar-refractivity contribution in [2.24, 2.45) is 10.9 Å². The lowest BCUT2D eigenvalue weighted by Crippen LogP contribution is -2.44. The van der Waals surface area contributed by atoms with E-state index in [-0.39, 0.29) is 16.0 Å². The molecule has 0 spiro atoms.